The number of halogens is 2. The van der Waals surface area contributed by atoms with Crippen LogP contribution in [0.15, 0.2) is 10.5 Å². The summed E-state index contributed by atoms with van der Waals surface area (Å²) < 4.78 is 1.24. The molecule has 4 nitrogen and oxygen atoms in total. The average Bonchev–Trinajstić information content (AvgIpc) is 2.46. The third-order valence-corrected chi connectivity index (χ3v) is 4.24. The van der Waals surface area contributed by atoms with Crippen molar-refractivity contribution >= 4 is 51.2 Å². The number of nitrogens with one attached hydrogen (secondary N) is 1. The lowest BCUT2D eigenvalue weighted by Crippen LogP contribution is -2.21. The summed E-state index contributed by atoms with van der Waals surface area (Å²) in [6.45, 7) is 0. The van der Waals surface area contributed by atoms with Gasteiger partial charge in [0.1, 0.15) is 4.34 Å². The predicted molar refractivity (Wildman–Crippen MR) is 61.2 cm³/mol. The van der Waals surface area contributed by atoms with E-state index in [9.17, 15) is 9.59 Å². The first kappa shape index (κ1) is 12.5. The number of amides is 1. The maximum atomic E-state index is 10.6. The summed E-state index contributed by atoms with van der Waals surface area (Å²) >= 11 is 10.3. The molecule has 2 N–H and O–H groups in total. The van der Waals surface area contributed by atoms with Crippen LogP contribution < -0.4 is 5.32 Å². The minimum atomic E-state index is -0.977. The number of carboxylic acid groups (broad SMARTS) is 1. The van der Waals surface area contributed by atoms with Crippen LogP contribution in [0, 0.1) is 0 Å². The molecule has 0 aromatic carbocycles. The van der Waals surface area contributed by atoms with E-state index in [-0.39, 0.29) is 6.42 Å². The van der Waals surface area contributed by atoms with Crippen LogP contribution in [0.5, 0.6) is 0 Å². The lowest BCUT2D eigenvalue weighted by molar-refractivity contribution is -0.137. The highest BCUT2D eigenvalue weighted by atomic mass is 79.9. The van der Waals surface area contributed by atoms with E-state index in [1.165, 1.54) is 11.3 Å². The van der Waals surface area contributed by atoms with Crippen molar-refractivity contribution in [2.75, 3.05) is 0 Å². The molecule has 7 heteroatoms. The molecule has 0 aliphatic carbocycles. The molecule has 0 fully saturated rings. The molecule has 0 aliphatic heterocycles. The standard InChI is InChI=1S/C8H7BrClNO3S/c9-4-1-6(15-8(4)10)5(11-3-12)2-7(13)14/h1,3,5H,2H2,(H,11,12)(H,13,14)/t5-/m1/s1. The molecule has 0 unspecified atom stereocenters. The fourth-order valence-electron chi connectivity index (χ4n) is 1.03. The number of thiophene rings is 1. The van der Waals surface area contributed by atoms with E-state index in [1.54, 1.807) is 6.07 Å². The van der Waals surface area contributed by atoms with Crippen molar-refractivity contribution in [2.45, 2.75) is 12.5 Å². The number of aliphatic carboxylic acids is 1. The Labute approximate surface area is 103 Å². The van der Waals surface area contributed by atoms with Gasteiger partial charge < -0.3 is 10.4 Å². The van der Waals surface area contributed by atoms with Gasteiger partial charge in [-0.2, -0.15) is 0 Å². The van der Waals surface area contributed by atoms with Crippen molar-refractivity contribution in [1.29, 1.82) is 0 Å². The molecular weight excluding hydrogens is 306 g/mol. The molecule has 1 amide bonds. The van der Waals surface area contributed by atoms with Gasteiger partial charge in [0.15, 0.2) is 0 Å². The Hall–Kier alpha value is -0.590. The smallest absolute Gasteiger partial charge is 0.305 e. The summed E-state index contributed by atoms with van der Waals surface area (Å²) in [6.07, 6.45) is 0.317. The summed E-state index contributed by atoms with van der Waals surface area (Å²) in [5.74, 6) is -0.977. The van der Waals surface area contributed by atoms with Crippen molar-refractivity contribution in [3.8, 4) is 0 Å². The topological polar surface area (TPSA) is 66.4 Å². The lowest BCUT2D eigenvalue weighted by atomic mass is 10.2. The molecule has 1 aromatic rings. The SMILES string of the molecule is O=CN[C@H](CC(=O)O)c1cc(Br)c(Cl)s1. The van der Waals surface area contributed by atoms with E-state index < -0.39 is 12.0 Å². The second kappa shape index (κ2) is 5.48. The van der Waals surface area contributed by atoms with Crippen molar-refractivity contribution < 1.29 is 14.7 Å². The summed E-state index contributed by atoms with van der Waals surface area (Å²) in [4.78, 5) is 21.6. The zero-order valence-corrected chi connectivity index (χ0v) is 10.5. The molecule has 0 saturated carbocycles. The van der Waals surface area contributed by atoms with Crippen LogP contribution >= 0.6 is 38.9 Å². The first-order valence-corrected chi connectivity index (χ1v) is 5.89. The third-order valence-electron chi connectivity index (χ3n) is 1.66. The summed E-state index contributed by atoms with van der Waals surface area (Å²) in [5.41, 5.74) is 0. The van der Waals surface area contributed by atoms with E-state index in [1.807, 2.05) is 0 Å². The highest BCUT2D eigenvalue weighted by Crippen LogP contribution is 2.35. The van der Waals surface area contributed by atoms with E-state index in [0.717, 1.165) is 0 Å². The van der Waals surface area contributed by atoms with E-state index >= 15 is 0 Å². The molecule has 1 atom stereocenters. The second-order valence-corrected chi connectivity index (χ2v) is 5.25. The molecule has 0 saturated heterocycles. The van der Waals surface area contributed by atoms with Crippen LogP contribution in [0.3, 0.4) is 0 Å². The van der Waals surface area contributed by atoms with Crippen molar-refractivity contribution in [3.05, 3.63) is 19.8 Å². The monoisotopic (exact) mass is 311 g/mol. The second-order valence-electron chi connectivity index (χ2n) is 2.71. The predicted octanol–water partition coefficient (Wildman–Crippen LogP) is 2.43. The number of carbonyl (C=O) groups excluding carboxylic acids is 1. The average molecular weight is 313 g/mol. The van der Waals surface area contributed by atoms with Crippen molar-refractivity contribution in [1.82, 2.24) is 5.32 Å². The highest BCUT2D eigenvalue weighted by molar-refractivity contribution is 9.10. The number of carboxylic acids is 1. The minimum Gasteiger partial charge on any atom is -0.481 e. The Kier molecular flexibility index (Phi) is 4.56. The number of hydrogen-bond donors (Lipinski definition) is 2. The molecule has 82 valence electrons. The van der Waals surface area contributed by atoms with Gasteiger partial charge in [0, 0.05) is 9.35 Å². The Morgan fingerprint density at radius 1 is 1.80 bits per heavy atom. The van der Waals surface area contributed by atoms with Gasteiger partial charge in [-0.1, -0.05) is 11.6 Å². The molecular formula is C8H7BrClNO3S. The fraction of sp³-hybridized carbons (Fsp3) is 0.250. The zero-order valence-electron chi connectivity index (χ0n) is 7.37. The number of carbonyl (C=O) groups is 2. The van der Waals surface area contributed by atoms with Gasteiger partial charge in [-0.25, -0.2) is 0 Å². The molecule has 1 rings (SSSR count). The summed E-state index contributed by atoms with van der Waals surface area (Å²) in [5, 5.41) is 11.1. The molecule has 0 radical (unpaired) electrons. The van der Waals surface area contributed by atoms with Gasteiger partial charge in [-0.3, -0.25) is 9.59 Å². The third kappa shape index (κ3) is 3.48. The van der Waals surface area contributed by atoms with Crippen LogP contribution in [-0.4, -0.2) is 17.5 Å². The van der Waals surface area contributed by atoms with Crippen LogP contribution in [0.2, 0.25) is 4.34 Å². The van der Waals surface area contributed by atoms with Gasteiger partial charge in [0.25, 0.3) is 0 Å². The normalized spacial score (nSPS) is 12.1. The van der Waals surface area contributed by atoms with Gasteiger partial charge in [-0.05, 0) is 22.0 Å². The summed E-state index contributed by atoms with van der Waals surface area (Å²) in [7, 11) is 0. The molecule has 1 heterocycles. The molecule has 1 aromatic heterocycles. The first-order chi connectivity index (χ1) is 7.04. The lowest BCUT2D eigenvalue weighted by Gasteiger charge is -2.10. The van der Waals surface area contributed by atoms with Crippen molar-refractivity contribution in [3.63, 3.8) is 0 Å². The zero-order chi connectivity index (χ0) is 11.4. The van der Waals surface area contributed by atoms with Gasteiger partial charge >= 0.3 is 5.97 Å². The van der Waals surface area contributed by atoms with Gasteiger partial charge in [-0.15, -0.1) is 11.3 Å². The Morgan fingerprint density at radius 3 is 2.87 bits per heavy atom. The Bertz CT molecular complexity index is 362. The van der Waals surface area contributed by atoms with E-state index in [0.29, 0.717) is 20.1 Å². The van der Waals surface area contributed by atoms with Crippen LogP contribution in [0.25, 0.3) is 0 Å². The quantitative estimate of drug-likeness (QED) is 0.821. The summed E-state index contributed by atoms with van der Waals surface area (Å²) in [6, 6.07) is 1.17. The maximum absolute atomic E-state index is 10.6. The minimum absolute atomic E-state index is 0.165. The highest BCUT2D eigenvalue weighted by Gasteiger charge is 2.18. The molecule has 15 heavy (non-hydrogen) atoms. The van der Waals surface area contributed by atoms with Crippen LogP contribution in [0.4, 0.5) is 0 Å². The number of rotatable bonds is 5. The Morgan fingerprint density at radius 2 is 2.47 bits per heavy atom. The number of hydrogen-bond acceptors (Lipinski definition) is 3. The van der Waals surface area contributed by atoms with Crippen molar-refractivity contribution in [2.24, 2.45) is 0 Å². The molecule has 0 spiro atoms. The van der Waals surface area contributed by atoms with Crippen LogP contribution in [0.1, 0.15) is 17.3 Å². The maximum Gasteiger partial charge on any atom is 0.305 e. The molecule has 0 aliphatic rings. The molecule has 0 bridgehead atoms. The van der Waals surface area contributed by atoms with E-state index in [4.69, 9.17) is 16.7 Å². The van der Waals surface area contributed by atoms with Gasteiger partial charge in [0.05, 0.1) is 12.5 Å². The Balaban J connectivity index is 2.87. The van der Waals surface area contributed by atoms with E-state index in [2.05, 4.69) is 21.2 Å². The first-order valence-electron chi connectivity index (χ1n) is 3.90. The van der Waals surface area contributed by atoms with Gasteiger partial charge in [0.2, 0.25) is 6.41 Å². The largest absolute Gasteiger partial charge is 0.481 e. The van der Waals surface area contributed by atoms with Crippen LogP contribution in [-0.2, 0) is 9.59 Å². The fourth-order valence-corrected chi connectivity index (χ4v) is 2.83.